The molecule has 1 atom stereocenters. The monoisotopic (exact) mass is 379 g/mol. The van der Waals surface area contributed by atoms with Crippen LogP contribution in [0.2, 0.25) is 0 Å². The van der Waals surface area contributed by atoms with Gasteiger partial charge in [0.05, 0.1) is 6.42 Å². The molecule has 1 amide bonds. The molecule has 1 aliphatic heterocycles. The maximum absolute atomic E-state index is 14.1. The summed E-state index contributed by atoms with van der Waals surface area (Å²) in [5.74, 6) is 0.840. The lowest BCUT2D eigenvalue weighted by atomic mass is 10.0. The van der Waals surface area contributed by atoms with E-state index in [1.165, 1.54) is 6.07 Å². The molecule has 138 valence electrons. The van der Waals surface area contributed by atoms with Crippen LogP contribution in [0.25, 0.3) is 10.8 Å². The van der Waals surface area contributed by atoms with Crippen LogP contribution in [0.5, 0.6) is 0 Å². The van der Waals surface area contributed by atoms with Crippen LogP contribution in [0.1, 0.15) is 22.8 Å². The quantitative estimate of drug-likeness (QED) is 0.621. The zero-order chi connectivity index (χ0) is 18.6. The molecule has 0 radical (unpaired) electrons. The number of amides is 1. The highest BCUT2D eigenvalue weighted by Crippen LogP contribution is 2.35. The van der Waals surface area contributed by atoms with Crippen molar-refractivity contribution in [1.82, 2.24) is 4.90 Å². The zero-order valence-corrected chi connectivity index (χ0v) is 15.9. The molecule has 1 saturated heterocycles. The highest BCUT2D eigenvalue weighted by atomic mass is 32.2. The molecular weight excluding hydrogens is 357 g/mol. The van der Waals surface area contributed by atoms with Crippen LogP contribution in [0.4, 0.5) is 4.39 Å². The summed E-state index contributed by atoms with van der Waals surface area (Å²) in [5, 5.41) is 2.41. The number of benzene rings is 3. The molecule has 1 heterocycles. The second-order valence-corrected chi connectivity index (χ2v) is 8.18. The van der Waals surface area contributed by atoms with Gasteiger partial charge in [0.15, 0.2) is 0 Å². The lowest BCUT2D eigenvalue weighted by molar-refractivity contribution is -0.130. The van der Waals surface area contributed by atoms with Crippen molar-refractivity contribution in [2.75, 3.05) is 18.8 Å². The van der Waals surface area contributed by atoms with Gasteiger partial charge in [-0.15, -0.1) is 0 Å². The molecule has 4 rings (SSSR count). The van der Waals surface area contributed by atoms with Gasteiger partial charge in [-0.1, -0.05) is 60.7 Å². The van der Waals surface area contributed by atoms with Gasteiger partial charge in [-0.05, 0) is 28.8 Å². The van der Waals surface area contributed by atoms with Crippen LogP contribution in [-0.2, 0) is 11.2 Å². The van der Waals surface area contributed by atoms with E-state index in [1.807, 2.05) is 41.3 Å². The Bertz CT molecular complexity index is 953. The molecule has 0 aliphatic carbocycles. The van der Waals surface area contributed by atoms with Crippen molar-refractivity contribution >= 4 is 28.4 Å². The predicted octanol–water partition coefficient (Wildman–Crippen LogP) is 5.23. The predicted molar refractivity (Wildman–Crippen MR) is 110 cm³/mol. The van der Waals surface area contributed by atoms with Crippen molar-refractivity contribution in [1.29, 1.82) is 0 Å². The van der Waals surface area contributed by atoms with Crippen LogP contribution in [0, 0.1) is 5.82 Å². The van der Waals surface area contributed by atoms with Crippen LogP contribution >= 0.6 is 11.8 Å². The van der Waals surface area contributed by atoms with Gasteiger partial charge in [0.1, 0.15) is 5.82 Å². The van der Waals surface area contributed by atoms with Crippen molar-refractivity contribution in [3.05, 3.63) is 83.7 Å². The minimum atomic E-state index is -0.148. The molecule has 0 N–H and O–H groups in total. The highest BCUT2D eigenvalue weighted by molar-refractivity contribution is 7.99. The van der Waals surface area contributed by atoms with E-state index >= 15 is 0 Å². The first kappa shape index (κ1) is 18.1. The Balaban J connectivity index is 1.46. The topological polar surface area (TPSA) is 20.3 Å². The molecule has 0 bridgehead atoms. The first-order valence-electron chi connectivity index (χ1n) is 9.33. The van der Waals surface area contributed by atoms with Crippen LogP contribution in [0.15, 0.2) is 66.7 Å². The van der Waals surface area contributed by atoms with E-state index in [0.29, 0.717) is 13.0 Å². The number of nitrogens with zero attached hydrogens (tertiary/aromatic N) is 1. The Morgan fingerprint density at radius 1 is 1.00 bits per heavy atom. The molecule has 3 aromatic carbocycles. The van der Waals surface area contributed by atoms with E-state index in [9.17, 15) is 9.18 Å². The Labute approximate surface area is 163 Å². The SMILES string of the molecule is O=C(Cc1cccc2ccccc12)N1CCS[C@@H](c2ccccc2F)CC1. The van der Waals surface area contributed by atoms with E-state index in [-0.39, 0.29) is 17.0 Å². The molecule has 2 nitrogen and oxygen atoms in total. The number of hydrogen-bond donors (Lipinski definition) is 0. The first-order valence-corrected chi connectivity index (χ1v) is 10.4. The Hall–Kier alpha value is -2.33. The Morgan fingerprint density at radius 3 is 2.67 bits per heavy atom. The second kappa shape index (κ2) is 8.13. The summed E-state index contributed by atoms with van der Waals surface area (Å²) in [4.78, 5) is 14.9. The lowest BCUT2D eigenvalue weighted by Gasteiger charge is -2.21. The summed E-state index contributed by atoms with van der Waals surface area (Å²) in [7, 11) is 0. The van der Waals surface area contributed by atoms with Crippen LogP contribution in [0.3, 0.4) is 0 Å². The minimum Gasteiger partial charge on any atom is -0.342 e. The maximum Gasteiger partial charge on any atom is 0.227 e. The normalized spacial score (nSPS) is 17.7. The number of carbonyl (C=O) groups excluding carboxylic acids is 1. The second-order valence-electron chi connectivity index (χ2n) is 6.87. The van der Waals surface area contributed by atoms with Gasteiger partial charge in [0.2, 0.25) is 5.91 Å². The lowest BCUT2D eigenvalue weighted by Crippen LogP contribution is -2.34. The van der Waals surface area contributed by atoms with Crippen molar-refractivity contribution in [3.8, 4) is 0 Å². The van der Waals surface area contributed by atoms with Gasteiger partial charge in [0, 0.05) is 29.7 Å². The van der Waals surface area contributed by atoms with Crippen molar-refractivity contribution in [2.24, 2.45) is 0 Å². The maximum atomic E-state index is 14.1. The van der Waals surface area contributed by atoms with Gasteiger partial charge >= 0.3 is 0 Å². The fraction of sp³-hybridized carbons (Fsp3) is 0.261. The van der Waals surface area contributed by atoms with E-state index in [1.54, 1.807) is 17.8 Å². The largest absolute Gasteiger partial charge is 0.342 e. The van der Waals surface area contributed by atoms with Crippen molar-refractivity contribution in [2.45, 2.75) is 18.1 Å². The average Bonchev–Trinajstić information content (AvgIpc) is 2.95. The number of fused-ring (bicyclic) bond motifs is 1. The van der Waals surface area contributed by atoms with E-state index in [2.05, 4.69) is 18.2 Å². The molecule has 0 spiro atoms. The fourth-order valence-corrected chi connectivity index (χ4v) is 4.98. The third kappa shape index (κ3) is 4.01. The highest BCUT2D eigenvalue weighted by Gasteiger charge is 2.24. The number of halogens is 1. The number of carbonyl (C=O) groups is 1. The third-order valence-electron chi connectivity index (χ3n) is 5.17. The molecule has 0 unspecified atom stereocenters. The van der Waals surface area contributed by atoms with Gasteiger partial charge < -0.3 is 4.90 Å². The molecule has 1 fully saturated rings. The van der Waals surface area contributed by atoms with Gasteiger partial charge in [-0.2, -0.15) is 11.8 Å². The van der Waals surface area contributed by atoms with E-state index < -0.39 is 0 Å². The van der Waals surface area contributed by atoms with Crippen LogP contribution < -0.4 is 0 Å². The van der Waals surface area contributed by atoms with E-state index in [4.69, 9.17) is 0 Å². The van der Waals surface area contributed by atoms with Gasteiger partial charge in [0.25, 0.3) is 0 Å². The fourth-order valence-electron chi connectivity index (χ4n) is 3.73. The van der Waals surface area contributed by atoms with Gasteiger partial charge in [-0.3, -0.25) is 4.79 Å². The summed E-state index contributed by atoms with van der Waals surface area (Å²) in [6.07, 6.45) is 1.20. The molecule has 0 aromatic heterocycles. The van der Waals surface area contributed by atoms with Crippen LogP contribution in [-0.4, -0.2) is 29.6 Å². The standard InChI is InChI=1S/C23H22FNOS/c24-21-11-4-3-10-20(21)22-12-13-25(14-15-27-22)23(26)16-18-8-5-7-17-6-1-2-9-19(17)18/h1-11,22H,12-16H2/t22-/m1/s1. The smallest absolute Gasteiger partial charge is 0.227 e. The van der Waals surface area contributed by atoms with Crippen molar-refractivity contribution < 1.29 is 9.18 Å². The summed E-state index contributed by atoms with van der Waals surface area (Å²) < 4.78 is 14.1. The number of thioether (sulfide) groups is 1. The molecular formula is C23H22FNOS. The minimum absolute atomic E-state index is 0.113. The molecule has 27 heavy (non-hydrogen) atoms. The molecule has 0 saturated carbocycles. The zero-order valence-electron chi connectivity index (χ0n) is 15.1. The summed E-state index contributed by atoms with van der Waals surface area (Å²) in [6.45, 7) is 1.40. The van der Waals surface area contributed by atoms with Crippen molar-refractivity contribution in [3.63, 3.8) is 0 Å². The average molecular weight is 380 g/mol. The third-order valence-corrected chi connectivity index (χ3v) is 6.48. The molecule has 1 aliphatic rings. The number of hydrogen-bond acceptors (Lipinski definition) is 2. The summed E-state index contributed by atoms with van der Waals surface area (Å²) in [5.41, 5.74) is 1.83. The summed E-state index contributed by atoms with van der Waals surface area (Å²) >= 11 is 1.75. The molecule has 4 heteroatoms. The van der Waals surface area contributed by atoms with E-state index in [0.717, 1.165) is 40.6 Å². The number of rotatable bonds is 3. The first-order chi connectivity index (χ1) is 13.2. The Morgan fingerprint density at radius 2 is 1.78 bits per heavy atom. The molecule has 3 aromatic rings. The summed E-state index contributed by atoms with van der Waals surface area (Å²) in [6, 6.07) is 21.3. The Kier molecular flexibility index (Phi) is 5.44. The van der Waals surface area contributed by atoms with Gasteiger partial charge in [-0.25, -0.2) is 4.39 Å².